The highest BCUT2D eigenvalue weighted by atomic mass is 35.5. The summed E-state index contributed by atoms with van der Waals surface area (Å²) in [6.45, 7) is 4.09. The van der Waals surface area contributed by atoms with Crippen molar-refractivity contribution in [2.75, 3.05) is 13.1 Å². The van der Waals surface area contributed by atoms with Crippen LogP contribution in [0.25, 0.3) is 0 Å². The third-order valence-electron chi connectivity index (χ3n) is 2.11. The highest BCUT2D eigenvalue weighted by Crippen LogP contribution is 2.22. The molecular formula is C8H13ClN2O. The fourth-order valence-electron chi connectivity index (χ4n) is 1.47. The fraction of sp³-hybridized carbons (Fsp3) is 0.625. The van der Waals surface area contributed by atoms with Gasteiger partial charge >= 0.3 is 0 Å². The van der Waals surface area contributed by atoms with E-state index in [0.717, 1.165) is 24.5 Å². The minimum absolute atomic E-state index is 0. The van der Waals surface area contributed by atoms with Gasteiger partial charge in [-0.2, -0.15) is 0 Å². The Morgan fingerprint density at radius 2 is 2.50 bits per heavy atom. The lowest BCUT2D eigenvalue weighted by molar-refractivity contribution is 0.362. The van der Waals surface area contributed by atoms with Gasteiger partial charge in [0, 0.05) is 18.5 Å². The van der Waals surface area contributed by atoms with E-state index in [1.54, 1.807) is 0 Å². The molecule has 0 aromatic carbocycles. The molecule has 2 rings (SSSR count). The van der Waals surface area contributed by atoms with Crippen molar-refractivity contribution in [1.29, 1.82) is 0 Å². The van der Waals surface area contributed by atoms with Crippen LogP contribution in [-0.2, 0) is 0 Å². The molecule has 0 spiro atoms. The molecule has 1 aromatic heterocycles. The molecule has 1 saturated heterocycles. The number of nitrogens with one attached hydrogen (secondary N) is 1. The van der Waals surface area contributed by atoms with Crippen LogP contribution >= 0.6 is 12.4 Å². The third kappa shape index (κ3) is 1.79. The molecule has 0 aliphatic carbocycles. The van der Waals surface area contributed by atoms with Crippen molar-refractivity contribution in [2.45, 2.75) is 19.3 Å². The van der Waals surface area contributed by atoms with Crippen molar-refractivity contribution in [3.63, 3.8) is 0 Å². The second-order valence-corrected chi connectivity index (χ2v) is 3.06. The Morgan fingerprint density at radius 1 is 1.67 bits per heavy atom. The van der Waals surface area contributed by atoms with E-state index in [2.05, 4.69) is 10.5 Å². The summed E-state index contributed by atoms with van der Waals surface area (Å²) in [4.78, 5) is 0. The van der Waals surface area contributed by atoms with Gasteiger partial charge in [-0.1, -0.05) is 5.16 Å². The Labute approximate surface area is 77.9 Å². The lowest BCUT2D eigenvalue weighted by atomic mass is 10.1. The van der Waals surface area contributed by atoms with Gasteiger partial charge in [-0.05, 0) is 19.9 Å². The van der Waals surface area contributed by atoms with Gasteiger partial charge in [-0.25, -0.2) is 0 Å². The lowest BCUT2D eigenvalue weighted by Gasteiger charge is -1.99. The number of halogens is 1. The van der Waals surface area contributed by atoms with E-state index in [1.807, 2.05) is 13.0 Å². The van der Waals surface area contributed by atoms with E-state index in [4.69, 9.17) is 4.52 Å². The van der Waals surface area contributed by atoms with Crippen LogP contribution in [0.4, 0.5) is 0 Å². The minimum atomic E-state index is 0. The summed E-state index contributed by atoms with van der Waals surface area (Å²) in [5.74, 6) is 1.59. The Bertz CT molecular complexity index is 243. The monoisotopic (exact) mass is 188 g/mol. The molecule has 1 aliphatic heterocycles. The molecule has 1 aliphatic rings. The van der Waals surface area contributed by atoms with Gasteiger partial charge in [0.05, 0.1) is 5.69 Å². The number of hydrogen-bond donors (Lipinski definition) is 1. The molecule has 0 saturated carbocycles. The number of aromatic nitrogens is 1. The standard InChI is InChI=1S/C8H12N2O.ClH/c1-6-4-8(11-10-6)7-2-3-9-5-7;/h4,7,9H,2-3,5H2,1H3;1H. The molecule has 4 heteroatoms. The second kappa shape index (κ2) is 3.92. The number of rotatable bonds is 1. The normalized spacial score (nSPS) is 22.2. The molecule has 2 heterocycles. The fourth-order valence-corrected chi connectivity index (χ4v) is 1.47. The van der Waals surface area contributed by atoms with E-state index >= 15 is 0 Å². The van der Waals surface area contributed by atoms with Crippen molar-refractivity contribution in [1.82, 2.24) is 10.5 Å². The molecule has 3 nitrogen and oxygen atoms in total. The van der Waals surface area contributed by atoms with E-state index < -0.39 is 0 Å². The summed E-state index contributed by atoms with van der Waals surface area (Å²) in [5.41, 5.74) is 0.979. The van der Waals surface area contributed by atoms with Crippen LogP contribution in [0.15, 0.2) is 10.6 Å². The van der Waals surface area contributed by atoms with E-state index in [0.29, 0.717) is 5.92 Å². The van der Waals surface area contributed by atoms with E-state index in [9.17, 15) is 0 Å². The van der Waals surface area contributed by atoms with Crippen molar-refractivity contribution >= 4 is 12.4 Å². The average Bonchev–Trinajstić information content (AvgIpc) is 2.55. The van der Waals surface area contributed by atoms with Crippen molar-refractivity contribution in [2.24, 2.45) is 0 Å². The Kier molecular flexibility index (Phi) is 3.12. The Balaban J connectivity index is 0.000000720. The van der Waals surface area contributed by atoms with Crippen LogP contribution in [0.5, 0.6) is 0 Å². The van der Waals surface area contributed by atoms with Crippen LogP contribution in [0.2, 0.25) is 0 Å². The molecule has 1 fully saturated rings. The zero-order valence-electron chi connectivity index (χ0n) is 7.04. The van der Waals surface area contributed by atoms with Gasteiger partial charge in [-0.15, -0.1) is 12.4 Å². The number of aryl methyl sites for hydroxylation is 1. The molecule has 68 valence electrons. The smallest absolute Gasteiger partial charge is 0.141 e. The van der Waals surface area contributed by atoms with Crippen molar-refractivity contribution in [3.8, 4) is 0 Å². The third-order valence-corrected chi connectivity index (χ3v) is 2.11. The zero-order valence-corrected chi connectivity index (χ0v) is 7.86. The topological polar surface area (TPSA) is 38.1 Å². The number of hydrogen-bond acceptors (Lipinski definition) is 3. The summed E-state index contributed by atoms with van der Waals surface area (Å²) in [5, 5.41) is 7.15. The molecule has 1 aromatic rings. The first-order chi connectivity index (χ1) is 5.36. The Morgan fingerprint density at radius 3 is 3.00 bits per heavy atom. The van der Waals surface area contributed by atoms with Crippen LogP contribution < -0.4 is 5.32 Å². The molecule has 1 unspecified atom stereocenters. The van der Waals surface area contributed by atoms with Gasteiger partial charge in [0.25, 0.3) is 0 Å². The largest absolute Gasteiger partial charge is 0.361 e. The first kappa shape index (κ1) is 9.55. The summed E-state index contributed by atoms with van der Waals surface area (Å²) in [6.07, 6.45) is 1.18. The van der Waals surface area contributed by atoms with Crippen molar-refractivity contribution in [3.05, 3.63) is 17.5 Å². The predicted octanol–water partition coefficient (Wildman–Crippen LogP) is 1.48. The molecule has 1 atom stereocenters. The molecule has 0 amide bonds. The maximum absolute atomic E-state index is 5.16. The maximum Gasteiger partial charge on any atom is 0.141 e. The Hall–Kier alpha value is -0.540. The molecule has 1 N–H and O–H groups in total. The van der Waals surface area contributed by atoms with Gasteiger partial charge < -0.3 is 9.84 Å². The van der Waals surface area contributed by atoms with Gasteiger partial charge in [0.1, 0.15) is 5.76 Å². The summed E-state index contributed by atoms with van der Waals surface area (Å²) in [6, 6.07) is 2.03. The quantitative estimate of drug-likeness (QED) is 0.726. The van der Waals surface area contributed by atoms with E-state index in [1.165, 1.54) is 6.42 Å². The van der Waals surface area contributed by atoms with Crippen LogP contribution in [0, 0.1) is 6.92 Å². The minimum Gasteiger partial charge on any atom is -0.361 e. The van der Waals surface area contributed by atoms with Gasteiger partial charge in [0.15, 0.2) is 0 Å². The summed E-state index contributed by atoms with van der Waals surface area (Å²) in [7, 11) is 0. The van der Waals surface area contributed by atoms with Gasteiger partial charge in [0.2, 0.25) is 0 Å². The summed E-state index contributed by atoms with van der Waals surface area (Å²) >= 11 is 0. The first-order valence-electron chi connectivity index (χ1n) is 4.00. The van der Waals surface area contributed by atoms with E-state index in [-0.39, 0.29) is 12.4 Å². The molecule has 0 radical (unpaired) electrons. The number of nitrogens with zero attached hydrogens (tertiary/aromatic N) is 1. The molecule has 0 bridgehead atoms. The average molecular weight is 189 g/mol. The van der Waals surface area contributed by atoms with Crippen molar-refractivity contribution < 1.29 is 4.52 Å². The zero-order chi connectivity index (χ0) is 7.68. The first-order valence-corrected chi connectivity index (χ1v) is 4.00. The summed E-state index contributed by atoms with van der Waals surface area (Å²) < 4.78 is 5.16. The highest BCUT2D eigenvalue weighted by Gasteiger charge is 2.19. The highest BCUT2D eigenvalue weighted by molar-refractivity contribution is 5.85. The van der Waals surface area contributed by atoms with Crippen LogP contribution in [-0.4, -0.2) is 18.2 Å². The lowest BCUT2D eigenvalue weighted by Crippen LogP contribution is -2.07. The van der Waals surface area contributed by atoms with Gasteiger partial charge in [-0.3, -0.25) is 0 Å². The SMILES string of the molecule is Cc1cc(C2CCNC2)on1.Cl. The van der Waals surface area contributed by atoms with Crippen LogP contribution in [0.1, 0.15) is 23.8 Å². The predicted molar refractivity (Wildman–Crippen MR) is 48.7 cm³/mol. The van der Waals surface area contributed by atoms with Crippen LogP contribution in [0.3, 0.4) is 0 Å². The second-order valence-electron chi connectivity index (χ2n) is 3.06. The molecular weight excluding hydrogens is 176 g/mol. The molecule has 12 heavy (non-hydrogen) atoms. The maximum atomic E-state index is 5.16.